The molecular weight excluding hydrogens is 441 g/mol. The Kier molecular flexibility index (Phi) is 4.14. The molecule has 2 aromatic carbocycles. The van der Waals surface area contributed by atoms with Gasteiger partial charge in [-0.2, -0.15) is 0 Å². The maximum atomic E-state index is 12.7. The van der Waals surface area contributed by atoms with Crippen LogP contribution in [0.3, 0.4) is 0 Å². The van der Waals surface area contributed by atoms with Crippen molar-refractivity contribution in [3.8, 4) is 0 Å². The third kappa shape index (κ3) is 2.78. The van der Waals surface area contributed by atoms with Gasteiger partial charge in [-0.3, -0.25) is 4.79 Å². The lowest BCUT2D eigenvalue weighted by Crippen LogP contribution is -2.01. The Balaban J connectivity index is 2.18. The lowest BCUT2D eigenvalue weighted by atomic mass is 10.0. The molecule has 0 aliphatic heterocycles. The van der Waals surface area contributed by atoms with Gasteiger partial charge in [-0.1, -0.05) is 39.1 Å². The summed E-state index contributed by atoms with van der Waals surface area (Å²) in [6, 6.07) is 8.80. The molecule has 6 heteroatoms. The lowest BCUT2D eigenvalue weighted by molar-refractivity contribution is 0.103. The molecule has 0 saturated carbocycles. The van der Waals surface area contributed by atoms with Crippen LogP contribution in [-0.4, -0.2) is 10.8 Å². The van der Waals surface area contributed by atoms with Crippen LogP contribution in [-0.2, 0) is 0 Å². The highest BCUT2D eigenvalue weighted by Crippen LogP contribution is 2.33. The van der Waals surface area contributed by atoms with Gasteiger partial charge in [0, 0.05) is 42.2 Å². The first-order chi connectivity index (χ1) is 9.97. The fourth-order valence-corrected chi connectivity index (χ4v) is 4.00. The first-order valence-electron chi connectivity index (χ1n) is 5.93. The third-order valence-corrected chi connectivity index (χ3v) is 4.78. The van der Waals surface area contributed by atoms with Gasteiger partial charge in [0.25, 0.3) is 0 Å². The Bertz CT molecular complexity index is 873. The first kappa shape index (κ1) is 15.1. The number of fused-ring (bicyclic) bond motifs is 1. The van der Waals surface area contributed by atoms with E-state index in [1.807, 2.05) is 12.1 Å². The van der Waals surface area contributed by atoms with Gasteiger partial charge in [0.15, 0.2) is 5.78 Å². The van der Waals surface area contributed by atoms with Crippen LogP contribution in [0.4, 0.5) is 0 Å². The van der Waals surface area contributed by atoms with Crippen LogP contribution < -0.4 is 0 Å². The maximum Gasteiger partial charge on any atom is 0.196 e. The summed E-state index contributed by atoms with van der Waals surface area (Å²) in [4.78, 5) is 15.8. The van der Waals surface area contributed by atoms with Crippen molar-refractivity contribution in [3.05, 3.63) is 66.6 Å². The normalized spacial score (nSPS) is 11.0. The molecule has 0 amide bonds. The number of benzene rings is 2. The van der Waals surface area contributed by atoms with Gasteiger partial charge < -0.3 is 4.98 Å². The molecule has 3 rings (SSSR count). The van der Waals surface area contributed by atoms with Crippen molar-refractivity contribution >= 4 is 71.7 Å². The van der Waals surface area contributed by atoms with Gasteiger partial charge >= 0.3 is 0 Å². The van der Waals surface area contributed by atoms with E-state index in [-0.39, 0.29) is 5.78 Å². The third-order valence-electron chi connectivity index (χ3n) is 3.12. The molecule has 0 bridgehead atoms. The van der Waals surface area contributed by atoms with Crippen molar-refractivity contribution < 1.29 is 4.79 Å². The molecule has 1 N–H and O–H groups in total. The summed E-state index contributed by atoms with van der Waals surface area (Å²) in [5, 5.41) is 1.66. The van der Waals surface area contributed by atoms with Crippen molar-refractivity contribution in [1.82, 2.24) is 4.98 Å². The second-order valence-electron chi connectivity index (χ2n) is 4.47. The number of carbonyl (C=O) groups excluding carboxylic acids is 1. The largest absolute Gasteiger partial charge is 0.360 e. The molecule has 0 radical (unpaired) electrons. The van der Waals surface area contributed by atoms with Crippen LogP contribution in [0.1, 0.15) is 15.9 Å². The van der Waals surface area contributed by atoms with E-state index in [0.29, 0.717) is 26.6 Å². The first-order valence-corrected chi connectivity index (χ1v) is 8.27. The van der Waals surface area contributed by atoms with Gasteiger partial charge in [-0.25, -0.2) is 0 Å². The predicted molar refractivity (Wildman–Crippen MR) is 93.6 cm³/mol. The highest BCUT2D eigenvalue weighted by molar-refractivity contribution is 9.11. The average molecular weight is 448 g/mol. The number of aromatic nitrogens is 1. The van der Waals surface area contributed by atoms with Gasteiger partial charge in [-0.05, 0) is 46.3 Å². The monoisotopic (exact) mass is 445 g/mol. The minimum Gasteiger partial charge on any atom is -0.360 e. The summed E-state index contributed by atoms with van der Waals surface area (Å²) < 4.78 is 1.62. The molecule has 1 heterocycles. The molecule has 0 saturated heterocycles. The Hall–Kier alpha value is -0.810. The smallest absolute Gasteiger partial charge is 0.196 e. The minimum absolute atomic E-state index is 0.107. The zero-order chi connectivity index (χ0) is 15.1. The molecule has 1 aromatic heterocycles. The van der Waals surface area contributed by atoms with Gasteiger partial charge in [0.05, 0.1) is 5.02 Å². The van der Waals surface area contributed by atoms with Gasteiger partial charge in [0.1, 0.15) is 0 Å². The molecule has 3 aromatic rings. The summed E-state index contributed by atoms with van der Waals surface area (Å²) >= 11 is 19.0. The number of rotatable bonds is 2. The Morgan fingerprint density at radius 2 is 1.81 bits per heavy atom. The van der Waals surface area contributed by atoms with Crippen molar-refractivity contribution in [2.45, 2.75) is 0 Å². The van der Waals surface area contributed by atoms with Crippen molar-refractivity contribution in [2.24, 2.45) is 0 Å². The molecule has 106 valence electrons. The number of nitrogens with one attached hydrogen (secondary N) is 1. The van der Waals surface area contributed by atoms with E-state index in [0.717, 1.165) is 14.5 Å². The second-order valence-corrected chi connectivity index (χ2v) is 7.08. The summed E-state index contributed by atoms with van der Waals surface area (Å²) in [7, 11) is 0. The maximum absolute atomic E-state index is 12.7. The Morgan fingerprint density at radius 1 is 1.05 bits per heavy atom. The molecule has 0 unspecified atom stereocenters. The van der Waals surface area contributed by atoms with Crippen LogP contribution in [0.5, 0.6) is 0 Å². The van der Waals surface area contributed by atoms with E-state index in [1.54, 1.807) is 24.4 Å². The predicted octanol–water partition coefficient (Wildman–Crippen LogP) is 6.23. The van der Waals surface area contributed by atoms with E-state index in [1.165, 1.54) is 0 Å². The number of hydrogen-bond acceptors (Lipinski definition) is 1. The molecule has 0 spiro atoms. The van der Waals surface area contributed by atoms with Crippen LogP contribution in [0.15, 0.2) is 45.5 Å². The van der Waals surface area contributed by atoms with E-state index < -0.39 is 0 Å². The summed E-state index contributed by atoms with van der Waals surface area (Å²) in [5.41, 5.74) is 1.84. The Labute approximate surface area is 147 Å². The minimum atomic E-state index is -0.107. The van der Waals surface area contributed by atoms with Gasteiger partial charge in [-0.15, -0.1) is 0 Å². The molecule has 0 atom stereocenters. The topological polar surface area (TPSA) is 32.9 Å². The van der Waals surface area contributed by atoms with E-state index in [9.17, 15) is 4.79 Å². The summed E-state index contributed by atoms with van der Waals surface area (Å²) in [6.45, 7) is 0. The van der Waals surface area contributed by atoms with Crippen LogP contribution in [0, 0.1) is 0 Å². The molecule has 0 aliphatic carbocycles. The van der Waals surface area contributed by atoms with Gasteiger partial charge in [0.2, 0.25) is 0 Å². The van der Waals surface area contributed by atoms with E-state index >= 15 is 0 Å². The number of H-pyrrole nitrogens is 1. The van der Waals surface area contributed by atoms with Crippen molar-refractivity contribution in [2.75, 3.05) is 0 Å². The van der Waals surface area contributed by atoms with E-state index in [2.05, 4.69) is 36.8 Å². The fourth-order valence-electron chi connectivity index (χ4n) is 2.18. The summed E-state index contributed by atoms with van der Waals surface area (Å²) in [6.07, 6.45) is 1.66. The van der Waals surface area contributed by atoms with Crippen molar-refractivity contribution in [1.29, 1.82) is 0 Å². The highest BCUT2D eigenvalue weighted by atomic mass is 79.9. The number of aromatic amines is 1. The lowest BCUT2D eigenvalue weighted by Gasteiger charge is -2.05. The van der Waals surface area contributed by atoms with Crippen LogP contribution in [0.25, 0.3) is 10.9 Å². The molecule has 2 nitrogen and oxygen atoms in total. The molecule has 0 aliphatic rings. The van der Waals surface area contributed by atoms with Crippen LogP contribution in [0.2, 0.25) is 10.0 Å². The van der Waals surface area contributed by atoms with Crippen LogP contribution >= 0.6 is 55.1 Å². The highest BCUT2D eigenvalue weighted by Gasteiger charge is 2.19. The number of halogens is 4. The molecule has 0 fully saturated rings. The van der Waals surface area contributed by atoms with Crippen molar-refractivity contribution in [3.63, 3.8) is 0 Å². The number of ketones is 1. The molecule has 21 heavy (non-hydrogen) atoms. The second kappa shape index (κ2) is 5.76. The average Bonchev–Trinajstić information content (AvgIpc) is 2.81. The SMILES string of the molecule is O=C(c1ccc(Br)cc1Br)c1c[nH]c2cc(Cl)cc(Cl)c12. The fraction of sp³-hybridized carbons (Fsp3) is 0. The van der Waals surface area contributed by atoms with E-state index in [4.69, 9.17) is 23.2 Å². The number of carbonyl (C=O) groups is 1. The zero-order valence-corrected chi connectivity index (χ0v) is 15.1. The standard InChI is InChI=1S/C15H7Br2Cl2NO/c16-7-1-2-9(11(17)3-7)15(21)10-6-20-13-5-8(18)4-12(19)14(10)13/h1-6,20H. The molecular formula is C15H7Br2Cl2NO. The Morgan fingerprint density at radius 3 is 2.52 bits per heavy atom. The quantitative estimate of drug-likeness (QED) is 0.464. The zero-order valence-electron chi connectivity index (χ0n) is 10.4. The summed E-state index contributed by atoms with van der Waals surface area (Å²) in [5.74, 6) is -0.107. The number of hydrogen-bond donors (Lipinski definition) is 1.